The number of rotatable bonds is 8. The molecule has 8 nitrogen and oxygen atoms in total. The minimum Gasteiger partial charge on any atom is -0.337 e. The van der Waals surface area contributed by atoms with Crippen LogP contribution in [0.25, 0.3) is 11.1 Å². The summed E-state index contributed by atoms with van der Waals surface area (Å²) in [5, 5.41) is 0.975. The number of benzene rings is 2. The minimum absolute atomic E-state index is 0.00947. The zero-order valence-corrected chi connectivity index (χ0v) is 24.1. The summed E-state index contributed by atoms with van der Waals surface area (Å²) in [6, 6.07) is 10.8. The number of sulfonamides is 1. The van der Waals surface area contributed by atoms with Gasteiger partial charge in [0, 0.05) is 35.7 Å². The molecule has 2 aromatic carbocycles. The fourth-order valence-electron chi connectivity index (χ4n) is 5.88. The van der Waals surface area contributed by atoms with E-state index in [1.54, 1.807) is 30.3 Å². The Balaban J connectivity index is 1.21. The first-order valence-corrected chi connectivity index (χ1v) is 15.8. The first kappa shape index (κ1) is 28.4. The lowest BCUT2D eigenvalue weighted by molar-refractivity contribution is -0.143. The topological polar surface area (TPSA) is 90.0 Å². The predicted octanol–water partition coefficient (Wildman–Crippen LogP) is 4.02. The van der Waals surface area contributed by atoms with Crippen LogP contribution < -0.4 is 4.72 Å². The monoisotopic (exact) mass is 592 g/mol. The van der Waals surface area contributed by atoms with E-state index in [0.717, 1.165) is 43.6 Å². The highest BCUT2D eigenvalue weighted by molar-refractivity contribution is 7.89. The number of carbonyl (C=O) groups is 2. The van der Waals surface area contributed by atoms with E-state index < -0.39 is 16.1 Å². The quantitative estimate of drug-likeness (QED) is 0.500. The second kappa shape index (κ2) is 12.1. The van der Waals surface area contributed by atoms with Crippen molar-refractivity contribution in [3.8, 4) is 11.1 Å². The van der Waals surface area contributed by atoms with Gasteiger partial charge in [0.15, 0.2) is 0 Å². The van der Waals surface area contributed by atoms with Gasteiger partial charge in [0.25, 0.3) is 0 Å². The number of piperidine rings is 1. The van der Waals surface area contributed by atoms with Crippen LogP contribution in [0.3, 0.4) is 0 Å². The van der Waals surface area contributed by atoms with E-state index in [0.29, 0.717) is 36.0 Å². The zero-order chi connectivity index (χ0) is 27.6. The van der Waals surface area contributed by atoms with E-state index in [9.17, 15) is 18.0 Å². The molecule has 11 heteroatoms. The van der Waals surface area contributed by atoms with Gasteiger partial charge in [0.2, 0.25) is 21.8 Å². The molecule has 0 spiro atoms. The predicted molar refractivity (Wildman–Crippen MR) is 152 cm³/mol. The van der Waals surface area contributed by atoms with Crippen molar-refractivity contribution in [1.29, 1.82) is 0 Å². The number of nitrogens with zero attached hydrogens (tertiary/aromatic N) is 3. The summed E-state index contributed by atoms with van der Waals surface area (Å²) in [4.78, 5) is 32.4. The summed E-state index contributed by atoms with van der Waals surface area (Å²) in [7, 11) is -3.95. The van der Waals surface area contributed by atoms with Gasteiger partial charge in [-0.1, -0.05) is 35.3 Å². The van der Waals surface area contributed by atoms with E-state index >= 15 is 0 Å². The second-order valence-electron chi connectivity index (χ2n) is 10.6. The van der Waals surface area contributed by atoms with Crippen molar-refractivity contribution in [2.45, 2.75) is 55.5 Å². The van der Waals surface area contributed by atoms with Crippen molar-refractivity contribution in [2.24, 2.45) is 0 Å². The van der Waals surface area contributed by atoms with Gasteiger partial charge in [-0.15, -0.1) is 0 Å². The fraction of sp³-hybridized carbons (Fsp3) is 0.500. The van der Waals surface area contributed by atoms with E-state index in [1.807, 2.05) is 4.90 Å². The number of halogens is 2. The Morgan fingerprint density at radius 1 is 0.872 bits per heavy atom. The molecule has 2 amide bonds. The number of amides is 2. The van der Waals surface area contributed by atoms with E-state index in [1.165, 1.54) is 29.9 Å². The molecule has 1 N–H and O–H groups in total. The third kappa shape index (κ3) is 6.77. The molecule has 2 aromatic rings. The van der Waals surface area contributed by atoms with Gasteiger partial charge < -0.3 is 14.7 Å². The van der Waals surface area contributed by atoms with E-state index in [4.69, 9.17) is 23.2 Å². The Bertz CT molecular complexity index is 1300. The maximum Gasteiger partial charge on any atom is 0.242 e. The Labute approximate surface area is 240 Å². The van der Waals surface area contributed by atoms with E-state index in [2.05, 4.69) is 9.62 Å². The van der Waals surface area contributed by atoms with Gasteiger partial charge in [0.1, 0.15) is 6.04 Å². The van der Waals surface area contributed by atoms with Crippen LogP contribution in [0.4, 0.5) is 0 Å². The van der Waals surface area contributed by atoms with Crippen LogP contribution >= 0.6 is 23.2 Å². The molecule has 0 aliphatic carbocycles. The van der Waals surface area contributed by atoms with Crippen LogP contribution in [0, 0.1) is 0 Å². The smallest absolute Gasteiger partial charge is 0.242 e. The Hall–Kier alpha value is -2.17. The summed E-state index contributed by atoms with van der Waals surface area (Å²) in [6.45, 7) is 4.22. The lowest BCUT2D eigenvalue weighted by Crippen LogP contribution is -2.55. The van der Waals surface area contributed by atoms with E-state index in [-0.39, 0.29) is 29.3 Å². The normalized spacial score (nSPS) is 22.6. The van der Waals surface area contributed by atoms with Crippen LogP contribution in [0.2, 0.25) is 10.0 Å². The van der Waals surface area contributed by atoms with Crippen molar-refractivity contribution in [3.63, 3.8) is 0 Å². The van der Waals surface area contributed by atoms with Crippen LogP contribution in [-0.2, 0) is 19.6 Å². The zero-order valence-electron chi connectivity index (χ0n) is 21.8. The maximum atomic E-state index is 13.2. The van der Waals surface area contributed by atoms with Crippen molar-refractivity contribution in [2.75, 3.05) is 39.3 Å². The molecule has 210 valence electrons. The van der Waals surface area contributed by atoms with Crippen LogP contribution in [0.1, 0.15) is 38.5 Å². The number of nitrogens with one attached hydrogen (secondary N) is 1. The number of carbonyl (C=O) groups excluding carboxylic acids is 2. The largest absolute Gasteiger partial charge is 0.337 e. The molecule has 3 aliphatic rings. The third-order valence-corrected chi connectivity index (χ3v) is 9.80. The molecular weight excluding hydrogens is 559 g/mol. The summed E-state index contributed by atoms with van der Waals surface area (Å²) < 4.78 is 28.9. The van der Waals surface area contributed by atoms with Crippen LogP contribution in [-0.4, -0.2) is 86.3 Å². The van der Waals surface area contributed by atoms with Crippen molar-refractivity contribution in [1.82, 2.24) is 19.4 Å². The molecule has 3 heterocycles. The molecule has 0 unspecified atom stereocenters. The van der Waals surface area contributed by atoms with Crippen LogP contribution in [0.15, 0.2) is 47.4 Å². The highest BCUT2D eigenvalue weighted by Crippen LogP contribution is 2.28. The van der Waals surface area contributed by atoms with Gasteiger partial charge in [-0.05, 0) is 93.1 Å². The number of hydrogen-bond donors (Lipinski definition) is 1. The average Bonchev–Trinajstić information content (AvgIpc) is 3.58. The lowest BCUT2D eigenvalue weighted by Gasteiger charge is -2.34. The highest BCUT2D eigenvalue weighted by atomic mass is 35.5. The van der Waals surface area contributed by atoms with Gasteiger partial charge >= 0.3 is 0 Å². The standard InChI is InChI=1S/C28H34Cl2N4O4S/c29-22-15-21(16-23(30)17-22)20-7-9-25(10-8-20)39(37,38)31-26-6-4-13-33(28(26)36)19-27(35)34-14-3-5-24(34)18-32-11-1-2-12-32/h7-10,15-17,24,26,31H,1-6,11-14,18-19H2/t24-,26-/m0/s1. The number of likely N-dealkylation sites (tertiary alicyclic amines) is 3. The average molecular weight is 594 g/mol. The second-order valence-corrected chi connectivity index (χ2v) is 13.2. The van der Waals surface area contributed by atoms with Crippen molar-refractivity contribution < 1.29 is 18.0 Å². The molecule has 2 atom stereocenters. The Morgan fingerprint density at radius 2 is 1.54 bits per heavy atom. The molecule has 3 fully saturated rings. The number of hydrogen-bond acceptors (Lipinski definition) is 5. The van der Waals surface area contributed by atoms with Gasteiger partial charge in [-0.2, -0.15) is 4.72 Å². The molecule has 0 bridgehead atoms. The first-order valence-electron chi connectivity index (χ1n) is 13.6. The molecule has 0 radical (unpaired) electrons. The van der Waals surface area contributed by atoms with Gasteiger partial charge in [-0.3, -0.25) is 9.59 Å². The fourth-order valence-corrected chi connectivity index (χ4v) is 7.63. The lowest BCUT2D eigenvalue weighted by atomic mass is 10.1. The van der Waals surface area contributed by atoms with Gasteiger partial charge in [-0.25, -0.2) is 8.42 Å². The third-order valence-electron chi connectivity index (χ3n) is 7.88. The summed E-state index contributed by atoms with van der Waals surface area (Å²) in [5.74, 6) is -0.399. The molecule has 5 rings (SSSR count). The summed E-state index contributed by atoms with van der Waals surface area (Å²) >= 11 is 12.2. The SMILES string of the molecule is O=C1[C@@H](NS(=O)(=O)c2ccc(-c3cc(Cl)cc(Cl)c3)cc2)CCCN1CC(=O)N1CCC[C@H]1CN1CCCC1. The molecule has 0 aromatic heterocycles. The summed E-state index contributed by atoms with van der Waals surface area (Å²) in [6.07, 6.45) is 5.40. The first-order chi connectivity index (χ1) is 18.7. The molecule has 39 heavy (non-hydrogen) atoms. The highest BCUT2D eigenvalue weighted by Gasteiger charge is 2.36. The molecule has 3 aliphatic heterocycles. The maximum absolute atomic E-state index is 13.2. The Morgan fingerprint density at radius 3 is 2.23 bits per heavy atom. The Kier molecular flexibility index (Phi) is 8.83. The summed E-state index contributed by atoms with van der Waals surface area (Å²) in [5.41, 5.74) is 1.54. The van der Waals surface area contributed by atoms with Crippen LogP contribution in [0.5, 0.6) is 0 Å². The molecule has 0 saturated carbocycles. The minimum atomic E-state index is -3.95. The van der Waals surface area contributed by atoms with Crippen molar-refractivity contribution in [3.05, 3.63) is 52.5 Å². The molecule has 3 saturated heterocycles. The van der Waals surface area contributed by atoms with Gasteiger partial charge in [0.05, 0.1) is 11.4 Å². The molecular formula is C28H34Cl2N4O4S. The van der Waals surface area contributed by atoms with Crippen molar-refractivity contribution >= 4 is 45.0 Å².